The van der Waals surface area contributed by atoms with E-state index >= 15 is 0 Å². The second kappa shape index (κ2) is 4.68. The molecule has 1 fully saturated rings. The maximum Gasteiger partial charge on any atom is 0.269 e. The summed E-state index contributed by atoms with van der Waals surface area (Å²) in [4.78, 5) is 19.8. The van der Waals surface area contributed by atoms with Crippen LogP contribution in [0.15, 0.2) is 35.5 Å². The summed E-state index contributed by atoms with van der Waals surface area (Å²) in [5.74, 6) is 0.0691. The van der Waals surface area contributed by atoms with Gasteiger partial charge in [0.05, 0.1) is 5.71 Å². The van der Waals surface area contributed by atoms with Crippen molar-refractivity contribution in [3.63, 3.8) is 0 Å². The Labute approximate surface area is 113 Å². The molecule has 0 radical (unpaired) electrons. The number of hydrogen-bond acceptors (Lipinski definition) is 3. The molecule has 2 heterocycles. The highest BCUT2D eigenvalue weighted by atomic mass is 16.7. The largest absolute Gasteiger partial charge is 0.379 e. The molecule has 0 aliphatic carbocycles. The van der Waals surface area contributed by atoms with E-state index < -0.39 is 5.60 Å². The molecule has 0 saturated carbocycles. The lowest BCUT2D eigenvalue weighted by atomic mass is 9.94. The predicted molar refractivity (Wildman–Crippen MR) is 72.9 cm³/mol. The molecule has 1 saturated heterocycles. The standard InChI is InChI=1S/C15H18N2O2/c1-15(14(18)17-9-5-6-10-17)11-13(16-19-15)12-7-3-2-4-8-12/h2-4,7-8H,5-6,9-11H2,1H3/t15-/m1/s1. The van der Waals surface area contributed by atoms with Gasteiger partial charge in [-0.25, -0.2) is 0 Å². The van der Waals surface area contributed by atoms with Crippen LogP contribution in [0.1, 0.15) is 31.7 Å². The first kappa shape index (κ1) is 12.2. The first-order valence-corrected chi connectivity index (χ1v) is 6.79. The molecule has 0 N–H and O–H groups in total. The lowest BCUT2D eigenvalue weighted by molar-refractivity contribution is -0.152. The number of rotatable bonds is 2. The van der Waals surface area contributed by atoms with Gasteiger partial charge in [-0.3, -0.25) is 4.79 Å². The van der Waals surface area contributed by atoms with Crippen LogP contribution in [0.25, 0.3) is 0 Å². The van der Waals surface area contributed by atoms with Gasteiger partial charge in [0.1, 0.15) is 0 Å². The molecule has 4 heteroatoms. The SMILES string of the molecule is C[C@]1(C(=O)N2CCCC2)CC(c2ccccc2)=NO1. The molecule has 1 atom stereocenters. The highest BCUT2D eigenvalue weighted by Crippen LogP contribution is 2.29. The Bertz CT molecular complexity index is 506. The fourth-order valence-corrected chi connectivity index (χ4v) is 2.69. The molecule has 0 spiro atoms. The summed E-state index contributed by atoms with van der Waals surface area (Å²) in [6, 6.07) is 9.89. The van der Waals surface area contributed by atoms with Crippen molar-refractivity contribution in [2.45, 2.75) is 31.8 Å². The molecule has 1 aromatic carbocycles. The molecule has 2 aliphatic heterocycles. The topological polar surface area (TPSA) is 41.9 Å². The van der Waals surface area contributed by atoms with Gasteiger partial charge in [0, 0.05) is 19.5 Å². The first-order chi connectivity index (χ1) is 9.19. The van der Waals surface area contributed by atoms with Gasteiger partial charge in [0.25, 0.3) is 5.91 Å². The van der Waals surface area contributed by atoms with Gasteiger partial charge in [-0.05, 0) is 25.3 Å². The Balaban J connectivity index is 1.74. The van der Waals surface area contributed by atoms with Crippen LogP contribution in [-0.2, 0) is 9.63 Å². The van der Waals surface area contributed by atoms with Crippen LogP contribution in [-0.4, -0.2) is 35.2 Å². The Hall–Kier alpha value is -1.84. The summed E-state index contributed by atoms with van der Waals surface area (Å²) >= 11 is 0. The van der Waals surface area contributed by atoms with Crippen molar-refractivity contribution in [3.05, 3.63) is 35.9 Å². The smallest absolute Gasteiger partial charge is 0.269 e. The molecule has 0 bridgehead atoms. The highest BCUT2D eigenvalue weighted by molar-refractivity contribution is 6.05. The normalized spacial score (nSPS) is 26.2. The van der Waals surface area contributed by atoms with Gasteiger partial charge in [0.2, 0.25) is 5.60 Å². The van der Waals surface area contributed by atoms with E-state index in [9.17, 15) is 4.79 Å². The molecule has 19 heavy (non-hydrogen) atoms. The van der Waals surface area contributed by atoms with E-state index in [0.29, 0.717) is 6.42 Å². The zero-order chi connectivity index (χ0) is 13.3. The molecular formula is C15H18N2O2. The van der Waals surface area contributed by atoms with E-state index in [1.807, 2.05) is 42.2 Å². The van der Waals surface area contributed by atoms with Crippen molar-refractivity contribution in [1.82, 2.24) is 4.90 Å². The van der Waals surface area contributed by atoms with E-state index in [2.05, 4.69) is 5.16 Å². The summed E-state index contributed by atoms with van der Waals surface area (Å²) in [6.07, 6.45) is 2.73. The fourth-order valence-electron chi connectivity index (χ4n) is 2.69. The highest BCUT2D eigenvalue weighted by Gasteiger charge is 2.45. The van der Waals surface area contributed by atoms with Crippen LogP contribution in [0.4, 0.5) is 0 Å². The molecule has 1 amide bonds. The van der Waals surface area contributed by atoms with Crippen LogP contribution in [0.2, 0.25) is 0 Å². The van der Waals surface area contributed by atoms with Crippen molar-refractivity contribution in [3.8, 4) is 0 Å². The van der Waals surface area contributed by atoms with Crippen LogP contribution >= 0.6 is 0 Å². The quantitative estimate of drug-likeness (QED) is 0.816. The number of carbonyl (C=O) groups is 1. The lowest BCUT2D eigenvalue weighted by Gasteiger charge is -2.26. The van der Waals surface area contributed by atoms with Gasteiger partial charge >= 0.3 is 0 Å². The fraction of sp³-hybridized carbons (Fsp3) is 0.467. The van der Waals surface area contributed by atoms with Crippen LogP contribution in [0, 0.1) is 0 Å². The lowest BCUT2D eigenvalue weighted by Crippen LogP contribution is -2.46. The van der Waals surface area contributed by atoms with Crippen molar-refractivity contribution >= 4 is 11.6 Å². The molecular weight excluding hydrogens is 240 g/mol. The predicted octanol–water partition coefficient (Wildman–Crippen LogP) is 2.19. The van der Waals surface area contributed by atoms with Crippen LogP contribution in [0.5, 0.6) is 0 Å². The van der Waals surface area contributed by atoms with Gasteiger partial charge < -0.3 is 9.74 Å². The number of carbonyl (C=O) groups excluding carboxylic acids is 1. The van der Waals surface area contributed by atoms with E-state index in [1.165, 1.54) is 0 Å². The molecule has 100 valence electrons. The number of nitrogens with zero attached hydrogens (tertiary/aromatic N) is 2. The minimum Gasteiger partial charge on any atom is -0.379 e. The van der Waals surface area contributed by atoms with Crippen LogP contribution in [0.3, 0.4) is 0 Å². The van der Waals surface area contributed by atoms with Crippen molar-refractivity contribution in [1.29, 1.82) is 0 Å². The maximum atomic E-state index is 12.5. The average molecular weight is 258 g/mol. The van der Waals surface area contributed by atoms with Gasteiger partial charge in [-0.15, -0.1) is 0 Å². The van der Waals surface area contributed by atoms with E-state index in [0.717, 1.165) is 37.2 Å². The third-order valence-corrected chi connectivity index (χ3v) is 3.81. The first-order valence-electron chi connectivity index (χ1n) is 6.79. The van der Waals surface area contributed by atoms with Crippen LogP contribution < -0.4 is 0 Å². The third kappa shape index (κ3) is 2.23. The second-order valence-electron chi connectivity index (χ2n) is 5.40. The number of benzene rings is 1. The molecule has 0 unspecified atom stereocenters. The van der Waals surface area contributed by atoms with E-state index in [-0.39, 0.29) is 5.91 Å². The van der Waals surface area contributed by atoms with E-state index in [1.54, 1.807) is 0 Å². The summed E-state index contributed by atoms with van der Waals surface area (Å²) in [7, 11) is 0. The zero-order valence-corrected chi connectivity index (χ0v) is 11.1. The Morgan fingerprint density at radius 2 is 1.95 bits per heavy atom. The molecule has 0 aromatic heterocycles. The summed E-state index contributed by atoms with van der Waals surface area (Å²) in [5.41, 5.74) is 1.06. The minimum absolute atomic E-state index is 0.0691. The summed E-state index contributed by atoms with van der Waals surface area (Å²) < 4.78 is 0. The van der Waals surface area contributed by atoms with Crippen molar-refractivity contribution in [2.24, 2.45) is 5.16 Å². The third-order valence-electron chi connectivity index (χ3n) is 3.81. The number of oxime groups is 1. The van der Waals surface area contributed by atoms with Gasteiger partial charge in [-0.2, -0.15) is 0 Å². The molecule has 1 aromatic rings. The van der Waals surface area contributed by atoms with Crippen molar-refractivity contribution < 1.29 is 9.63 Å². The number of amides is 1. The maximum absolute atomic E-state index is 12.5. The average Bonchev–Trinajstić information content (AvgIpc) is 3.09. The minimum atomic E-state index is -0.824. The summed E-state index contributed by atoms with van der Waals surface area (Å²) in [5, 5.41) is 4.12. The molecule has 3 rings (SSSR count). The summed E-state index contributed by atoms with van der Waals surface area (Å²) in [6.45, 7) is 3.53. The monoisotopic (exact) mass is 258 g/mol. The Kier molecular flexibility index (Phi) is 3.01. The van der Waals surface area contributed by atoms with Gasteiger partial charge in [-0.1, -0.05) is 35.5 Å². The number of likely N-dealkylation sites (tertiary alicyclic amines) is 1. The molecule has 2 aliphatic rings. The van der Waals surface area contributed by atoms with Gasteiger partial charge in [0.15, 0.2) is 0 Å². The molecule has 4 nitrogen and oxygen atoms in total. The van der Waals surface area contributed by atoms with E-state index in [4.69, 9.17) is 4.84 Å². The van der Waals surface area contributed by atoms with Crippen molar-refractivity contribution in [2.75, 3.05) is 13.1 Å². The Morgan fingerprint density at radius 3 is 2.63 bits per heavy atom. The number of hydrogen-bond donors (Lipinski definition) is 0. The zero-order valence-electron chi connectivity index (χ0n) is 11.1. The second-order valence-corrected chi connectivity index (χ2v) is 5.40. The Morgan fingerprint density at radius 1 is 1.26 bits per heavy atom.